The molecule has 0 saturated carbocycles. The molecule has 1 aromatic heterocycles. The molecule has 0 radical (unpaired) electrons. The summed E-state index contributed by atoms with van der Waals surface area (Å²) in [7, 11) is 0. The first kappa shape index (κ1) is 16.0. The van der Waals surface area contributed by atoms with E-state index < -0.39 is 5.92 Å². The predicted octanol–water partition coefficient (Wildman–Crippen LogP) is 3.54. The van der Waals surface area contributed by atoms with Gasteiger partial charge in [-0.25, -0.2) is 0 Å². The molecule has 0 fully saturated rings. The number of allylic oxidation sites excluding steroid dienone is 2. The molecule has 120 valence electrons. The molecule has 0 saturated heterocycles. The maximum absolute atomic E-state index is 12.8. The first-order chi connectivity index (χ1) is 11.6. The average Bonchev–Trinajstić information content (AvgIpc) is 3.09. The van der Waals surface area contributed by atoms with Gasteiger partial charge in [-0.15, -0.1) is 12.6 Å². The summed E-state index contributed by atoms with van der Waals surface area (Å²) in [5.74, 6) is -0.360. The lowest BCUT2D eigenvalue weighted by Crippen LogP contribution is -2.30. The monoisotopic (exact) mass is 337 g/mol. The number of dihydropyridines is 1. The number of amides is 1. The van der Waals surface area contributed by atoms with Gasteiger partial charge in [-0.3, -0.25) is 4.79 Å². The number of para-hydroxylation sites is 1. The zero-order chi connectivity index (χ0) is 17.1. The fourth-order valence-electron chi connectivity index (χ4n) is 2.69. The summed E-state index contributed by atoms with van der Waals surface area (Å²) in [5, 5.41) is 15.8. The largest absolute Gasteiger partial charge is 0.468 e. The molecule has 0 unspecified atom stereocenters. The topological polar surface area (TPSA) is 78.1 Å². The van der Waals surface area contributed by atoms with E-state index in [4.69, 9.17) is 4.42 Å². The Bertz CT molecular complexity index is 861. The van der Waals surface area contributed by atoms with Crippen LogP contribution in [0.1, 0.15) is 18.6 Å². The number of nitrogens with zero attached hydrogens (tertiary/aromatic N) is 1. The van der Waals surface area contributed by atoms with E-state index in [2.05, 4.69) is 29.3 Å². The number of carbonyl (C=O) groups excluding carboxylic acids is 1. The van der Waals surface area contributed by atoms with E-state index >= 15 is 0 Å². The van der Waals surface area contributed by atoms with Crippen molar-refractivity contribution < 1.29 is 9.21 Å². The van der Waals surface area contributed by atoms with Crippen molar-refractivity contribution in [3.8, 4) is 6.07 Å². The second kappa shape index (κ2) is 6.69. The smallest absolute Gasteiger partial charge is 0.254 e. The van der Waals surface area contributed by atoms with Crippen LogP contribution < -0.4 is 10.6 Å². The van der Waals surface area contributed by atoms with E-state index in [9.17, 15) is 10.1 Å². The number of rotatable bonds is 3. The van der Waals surface area contributed by atoms with Crippen LogP contribution in [0.25, 0.3) is 0 Å². The van der Waals surface area contributed by atoms with Crippen molar-refractivity contribution in [2.45, 2.75) is 12.8 Å². The fraction of sp³-hybridized carbons (Fsp3) is 0.111. The lowest BCUT2D eigenvalue weighted by molar-refractivity contribution is -0.113. The summed E-state index contributed by atoms with van der Waals surface area (Å²) in [6.45, 7) is 1.78. The number of furan rings is 1. The normalized spacial score (nSPS) is 17.3. The third-order valence-corrected chi connectivity index (χ3v) is 4.12. The summed E-state index contributed by atoms with van der Waals surface area (Å²) in [5.41, 5.74) is 2.09. The molecule has 1 aliphatic heterocycles. The molecule has 0 aliphatic carbocycles. The number of nitriles is 1. The Labute approximate surface area is 145 Å². The third-order valence-electron chi connectivity index (χ3n) is 3.77. The van der Waals surface area contributed by atoms with E-state index in [1.54, 1.807) is 31.2 Å². The van der Waals surface area contributed by atoms with Crippen LogP contribution in [0.3, 0.4) is 0 Å². The van der Waals surface area contributed by atoms with Crippen LogP contribution in [0, 0.1) is 11.3 Å². The van der Waals surface area contributed by atoms with E-state index in [0.717, 1.165) is 0 Å². The van der Waals surface area contributed by atoms with Gasteiger partial charge in [0.1, 0.15) is 5.76 Å². The molecule has 1 aliphatic rings. The molecule has 5 nitrogen and oxygen atoms in total. The molecule has 1 atom stereocenters. The van der Waals surface area contributed by atoms with Crippen molar-refractivity contribution in [2.24, 2.45) is 0 Å². The molecule has 1 aromatic carbocycles. The van der Waals surface area contributed by atoms with Crippen LogP contribution in [0.15, 0.2) is 75.0 Å². The highest BCUT2D eigenvalue weighted by Crippen LogP contribution is 2.39. The van der Waals surface area contributed by atoms with Crippen molar-refractivity contribution >= 4 is 24.2 Å². The maximum Gasteiger partial charge on any atom is 0.254 e. The van der Waals surface area contributed by atoms with Crippen molar-refractivity contribution in [3.63, 3.8) is 0 Å². The van der Waals surface area contributed by atoms with E-state index in [-0.39, 0.29) is 5.91 Å². The SMILES string of the molecule is CC1=C(C(=O)Nc2ccccc2)[C@H](c2ccco2)C(C#N)=C(S)N1. The number of nitrogens with one attached hydrogen (secondary N) is 2. The van der Waals surface area contributed by atoms with E-state index in [0.29, 0.717) is 33.3 Å². The molecule has 0 spiro atoms. The maximum atomic E-state index is 12.8. The van der Waals surface area contributed by atoms with Crippen molar-refractivity contribution in [1.29, 1.82) is 5.26 Å². The van der Waals surface area contributed by atoms with Crippen LogP contribution >= 0.6 is 12.6 Å². The second-order valence-corrected chi connectivity index (χ2v) is 5.75. The lowest BCUT2D eigenvalue weighted by atomic mass is 9.85. The van der Waals surface area contributed by atoms with E-state index in [1.165, 1.54) is 6.26 Å². The Morgan fingerprint density at radius 1 is 1.29 bits per heavy atom. The summed E-state index contributed by atoms with van der Waals surface area (Å²) in [6, 6.07) is 14.8. The van der Waals surface area contributed by atoms with Gasteiger partial charge in [0, 0.05) is 11.4 Å². The zero-order valence-electron chi connectivity index (χ0n) is 12.9. The quantitative estimate of drug-likeness (QED) is 0.749. The highest BCUT2D eigenvalue weighted by molar-refractivity contribution is 7.84. The molecule has 1 amide bonds. The number of carbonyl (C=O) groups is 1. The molecule has 2 heterocycles. The van der Waals surface area contributed by atoms with Gasteiger partial charge < -0.3 is 15.1 Å². The van der Waals surface area contributed by atoms with E-state index in [1.807, 2.05) is 18.2 Å². The minimum Gasteiger partial charge on any atom is -0.468 e. The number of benzene rings is 1. The Morgan fingerprint density at radius 3 is 2.67 bits per heavy atom. The fourth-order valence-corrected chi connectivity index (χ4v) is 3.04. The van der Waals surface area contributed by atoms with Gasteiger partial charge in [-0.05, 0) is 31.2 Å². The Kier molecular flexibility index (Phi) is 4.45. The van der Waals surface area contributed by atoms with Crippen LogP contribution in [0.2, 0.25) is 0 Å². The first-order valence-electron chi connectivity index (χ1n) is 7.32. The van der Waals surface area contributed by atoms with Crippen LogP contribution in [0.4, 0.5) is 5.69 Å². The van der Waals surface area contributed by atoms with Gasteiger partial charge >= 0.3 is 0 Å². The number of anilines is 1. The number of hydrogen-bond acceptors (Lipinski definition) is 5. The van der Waals surface area contributed by atoms with Crippen LogP contribution in [0.5, 0.6) is 0 Å². The highest BCUT2D eigenvalue weighted by atomic mass is 32.1. The molecular weight excluding hydrogens is 322 g/mol. The second-order valence-electron chi connectivity index (χ2n) is 5.31. The summed E-state index contributed by atoms with van der Waals surface area (Å²) < 4.78 is 5.47. The van der Waals surface area contributed by atoms with Crippen molar-refractivity contribution in [3.05, 3.63) is 76.4 Å². The molecule has 6 heteroatoms. The molecule has 2 aromatic rings. The first-order valence-corrected chi connectivity index (χ1v) is 7.77. The summed E-state index contributed by atoms with van der Waals surface area (Å²) in [4.78, 5) is 12.8. The number of thiol groups is 1. The molecule has 24 heavy (non-hydrogen) atoms. The molecular formula is C18H15N3O2S. The number of hydrogen-bond donors (Lipinski definition) is 3. The minimum absolute atomic E-state index is 0.291. The summed E-state index contributed by atoms with van der Waals surface area (Å²) in [6.07, 6.45) is 1.52. The molecule has 3 rings (SSSR count). The van der Waals surface area contributed by atoms with Gasteiger partial charge in [0.25, 0.3) is 5.91 Å². The van der Waals surface area contributed by atoms with Crippen LogP contribution in [-0.2, 0) is 4.79 Å². The van der Waals surface area contributed by atoms with Gasteiger partial charge in [0.15, 0.2) is 0 Å². The van der Waals surface area contributed by atoms with Crippen molar-refractivity contribution in [2.75, 3.05) is 5.32 Å². The lowest BCUT2D eigenvalue weighted by Gasteiger charge is -2.26. The predicted molar refractivity (Wildman–Crippen MR) is 94.0 cm³/mol. The van der Waals surface area contributed by atoms with Gasteiger partial charge in [0.2, 0.25) is 0 Å². The Morgan fingerprint density at radius 2 is 2.04 bits per heavy atom. The molecule has 2 N–H and O–H groups in total. The highest BCUT2D eigenvalue weighted by Gasteiger charge is 2.35. The molecule has 0 bridgehead atoms. The van der Waals surface area contributed by atoms with Crippen molar-refractivity contribution in [1.82, 2.24) is 5.32 Å². The third kappa shape index (κ3) is 2.94. The zero-order valence-corrected chi connectivity index (χ0v) is 13.8. The Hall–Kier alpha value is -2.91. The summed E-state index contributed by atoms with van der Waals surface area (Å²) >= 11 is 4.33. The minimum atomic E-state index is -0.595. The van der Waals surface area contributed by atoms with Gasteiger partial charge in [0.05, 0.1) is 34.4 Å². The standard InChI is InChI=1S/C18H15N3O2S/c1-11-15(17(22)21-12-6-3-2-4-7-12)16(14-8-5-9-23-14)13(10-19)18(24)20-11/h2-9,16,20,24H,1H3,(H,21,22)/t16-/m0/s1. The Balaban J connectivity index is 2.02. The van der Waals surface area contributed by atoms with Crippen LogP contribution in [-0.4, -0.2) is 5.91 Å². The average molecular weight is 337 g/mol. The van der Waals surface area contributed by atoms with Gasteiger partial charge in [-0.2, -0.15) is 5.26 Å². The van der Waals surface area contributed by atoms with Gasteiger partial charge in [-0.1, -0.05) is 18.2 Å².